The summed E-state index contributed by atoms with van der Waals surface area (Å²) in [7, 11) is 0. The first-order valence-electron chi connectivity index (χ1n) is 6.12. The number of carboxylic acid groups (broad SMARTS) is 1. The van der Waals surface area contributed by atoms with Crippen LogP contribution in [0.1, 0.15) is 38.2 Å². The van der Waals surface area contributed by atoms with Crippen LogP contribution in [0.5, 0.6) is 0 Å². The molecule has 1 amide bonds. The molecule has 0 radical (unpaired) electrons. The lowest BCUT2D eigenvalue weighted by molar-refractivity contribution is 0.0698. The first-order chi connectivity index (χ1) is 9.52. The molecule has 2 N–H and O–H groups in total. The van der Waals surface area contributed by atoms with Gasteiger partial charge in [0.1, 0.15) is 10.7 Å². The Morgan fingerprint density at radius 1 is 1.45 bits per heavy atom. The smallest absolute Gasteiger partial charge is 0.338 e. The quantitative estimate of drug-likeness (QED) is 0.907. The van der Waals surface area contributed by atoms with Crippen molar-refractivity contribution in [3.63, 3.8) is 0 Å². The fourth-order valence-corrected chi connectivity index (χ4v) is 2.74. The summed E-state index contributed by atoms with van der Waals surface area (Å²) < 4.78 is 0. The normalized spacial score (nSPS) is 10.3. The van der Waals surface area contributed by atoms with Crippen molar-refractivity contribution in [2.24, 2.45) is 0 Å². The maximum Gasteiger partial charge on any atom is 0.338 e. The molecule has 20 heavy (non-hydrogen) atoms. The zero-order valence-electron chi connectivity index (χ0n) is 11.1. The Labute approximate surface area is 120 Å². The first kappa shape index (κ1) is 14.2. The highest BCUT2D eigenvalue weighted by Gasteiger charge is 2.18. The van der Waals surface area contributed by atoms with Gasteiger partial charge in [0.2, 0.25) is 0 Å². The summed E-state index contributed by atoms with van der Waals surface area (Å²) in [5.41, 5.74) is 1.17. The number of aromatic nitrogens is 1. The number of carbonyl (C=O) groups excluding carboxylic acids is 1. The highest BCUT2D eigenvalue weighted by Crippen LogP contribution is 2.29. The molecule has 0 unspecified atom stereocenters. The minimum Gasteiger partial charge on any atom is -0.478 e. The third-order valence-corrected chi connectivity index (χ3v) is 4.01. The predicted octanol–water partition coefficient (Wildman–Crippen LogP) is 2.96. The molecule has 0 spiro atoms. The van der Waals surface area contributed by atoms with Crippen LogP contribution >= 0.6 is 11.3 Å². The Hall–Kier alpha value is -2.21. The van der Waals surface area contributed by atoms with Crippen molar-refractivity contribution in [1.29, 1.82) is 0 Å². The minimum absolute atomic E-state index is 0.119. The van der Waals surface area contributed by atoms with Crippen molar-refractivity contribution in [3.8, 4) is 0 Å². The number of thiophene rings is 1. The molecular weight excluding hydrogens is 276 g/mol. The molecular formula is C14H14N2O3S. The predicted molar refractivity (Wildman–Crippen MR) is 77.6 cm³/mol. The van der Waals surface area contributed by atoms with Crippen molar-refractivity contribution in [1.82, 2.24) is 4.98 Å². The van der Waals surface area contributed by atoms with Gasteiger partial charge in [-0.1, -0.05) is 13.0 Å². The van der Waals surface area contributed by atoms with Gasteiger partial charge in [-0.25, -0.2) is 4.79 Å². The van der Waals surface area contributed by atoms with E-state index >= 15 is 0 Å². The van der Waals surface area contributed by atoms with Gasteiger partial charge in [0, 0.05) is 11.1 Å². The molecule has 5 nitrogen and oxygen atoms in total. The molecule has 0 aliphatic heterocycles. The topological polar surface area (TPSA) is 79.3 Å². The first-order valence-corrected chi connectivity index (χ1v) is 6.93. The zero-order valence-corrected chi connectivity index (χ0v) is 12.0. The van der Waals surface area contributed by atoms with Gasteiger partial charge >= 0.3 is 5.97 Å². The van der Waals surface area contributed by atoms with Crippen molar-refractivity contribution >= 4 is 28.2 Å². The lowest BCUT2D eigenvalue weighted by atomic mass is 10.2. The van der Waals surface area contributed by atoms with Crippen LogP contribution in [-0.4, -0.2) is 22.0 Å². The van der Waals surface area contributed by atoms with E-state index in [1.165, 1.54) is 17.5 Å². The van der Waals surface area contributed by atoms with Crippen LogP contribution < -0.4 is 5.32 Å². The molecule has 0 aliphatic rings. The van der Waals surface area contributed by atoms with Crippen LogP contribution in [-0.2, 0) is 6.42 Å². The molecule has 0 fully saturated rings. The second kappa shape index (κ2) is 5.83. The van der Waals surface area contributed by atoms with Gasteiger partial charge in [-0.3, -0.25) is 9.78 Å². The van der Waals surface area contributed by atoms with E-state index in [2.05, 4.69) is 10.3 Å². The van der Waals surface area contributed by atoms with Gasteiger partial charge in [-0.15, -0.1) is 11.3 Å². The molecule has 104 valence electrons. The summed E-state index contributed by atoms with van der Waals surface area (Å²) in [6.07, 6.45) is 2.26. The van der Waals surface area contributed by atoms with Crippen LogP contribution in [0, 0.1) is 6.92 Å². The summed E-state index contributed by atoms with van der Waals surface area (Å²) in [5.74, 6) is -1.44. The number of aromatic carboxylic acids is 1. The molecule has 0 atom stereocenters. The number of nitrogens with zero attached hydrogens (tertiary/aromatic N) is 1. The number of hydrogen-bond acceptors (Lipinski definition) is 4. The molecule has 0 saturated heterocycles. The van der Waals surface area contributed by atoms with E-state index in [9.17, 15) is 9.59 Å². The summed E-state index contributed by atoms with van der Waals surface area (Å²) in [5, 5.41) is 12.1. The van der Waals surface area contributed by atoms with Gasteiger partial charge in [-0.2, -0.15) is 0 Å². The fraction of sp³-hybridized carbons (Fsp3) is 0.214. The fourth-order valence-electron chi connectivity index (χ4n) is 1.75. The Morgan fingerprint density at radius 2 is 2.20 bits per heavy atom. The number of aryl methyl sites for hydroxylation is 2. The van der Waals surface area contributed by atoms with Crippen LogP contribution in [0.3, 0.4) is 0 Å². The Morgan fingerprint density at radius 3 is 2.80 bits per heavy atom. The average Bonchev–Trinajstić information content (AvgIpc) is 2.82. The second-order valence-corrected chi connectivity index (χ2v) is 5.37. The van der Waals surface area contributed by atoms with Crippen molar-refractivity contribution in [2.45, 2.75) is 20.3 Å². The molecule has 2 rings (SSSR count). The number of carboxylic acids is 1. The zero-order chi connectivity index (χ0) is 14.7. The highest BCUT2D eigenvalue weighted by atomic mass is 32.1. The largest absolute Gasteiger partial charge is 0.478 e. The van der Waals surface area contributed by atoms with E-state index in [0.29, 0.717) is 10.7 Å². The molecule has 0 aromatic carbocycles. The highest BCUT2D eigenvalue weighted by molar-refractivity contribution is 7.16. The molecule has 2 heterocycles. The third kappa shape index (κ3) is 2.85. The lowest BCUT2D eigenvalue weighted by Gasteiger charge is -2.05. The standard InChI is InChI=1S/C14H14N2O3S/c1-3-9-7-10(14(18)19)13(20-9)16-12(17)11-8(2)5-4-6-15-11/h4-7H,3H2,1-2H3,(H,16,17)(H,18,19). The van der Waals surface area contributed by atoms with Gasteiger partial charge < -0.3 is 10.4 Å². The number of carbonyl (C=O) groups is 2. The van der Waals surface area contributed by atoms with Crippen molar-refractivity contribution < 1.29 is 14.7 Å². The molecule has 2 aromatic rings. The lowest BCUT2D eigenvalue weighted by Crippen LogP contribution is -2.15. The number of rotatable bonds is 4. The van der Waals surface area contributed by atoms with E-state index in [4.69, 9.17) is 5.11 Å². The monoisotopic (exact) mass is 290 g/mol. The van der Waals surface area contributed by atoms with E-state index in [-0.39, 0.29) is 5.56 Å². The molecule has 0 aliphatic carbocycles. The molecule has 0 saturated carbocycles. The number of amides is 1. The third-order valence-electron chi connectivity index (χ3n) is 2.81. The number of anilines is 1. The van der Waals surface area contributed by atoms with Crippen LogP contribution in [0.25, 0.3) is 0 Å². The minimum atomic E-state index is -1.05. The Kier molecular flexibility index (Phi) is 4.14. The average molecular weight is 290 g/mol. The van der Waals surface area contributed by atoms with Crippen LogP contribution in [0.2, 0.25) is 0 Å². The maximum absolute atomic E-state index is 12.1. The van der Waals surface area contributed by atoms with Crippen LogP contribution in [0.15, 0.2) is 24.4 Å². The number of pyridine rings is 1. The Bertz CT molecular complexity index is 664. The second-order valence-electron chi connectivity index (χ2n) is 4.24. The summed E-state index contributed by atoms with van der Waals surface area (Å²) in [6, 6.07) is 5.12. The van der Waals surface area contributed by atoms with E-state index in [0.717, 1.165) is 16.9 Å². The van der Waals surface area contributed by atoms with Crippen LogP contribution in [0.4, 0.5) is 5.00 Å². The molecule has 0 bridgehead atoms. The summed E-state index contributed by atoms with van der Waals surface area (Å²) in [6.45, 7) is 3.72. The van der Waals surface area contributed by atoms with Crippen molar-refractivity contribution in [3.05, 3.63) is 46.1 Å². The van der Waals surface area contributed by atoms with Crippen molar-refractivity contribution in [2.75, 3.05) is 5.32 Å². The molecule has 2 aromatic heterocycles. The molecule has 6 heteroatoms. The SMILES string of the molecule is CCc1cc(C(=O)O)c(NC(=O)c2ncccc2C)s1. The van der Waals surface area contributed by atoms with Gasteiger partial charge in [0.25, 0.3) is 5.91 Å². The van der Waals surface area contributed by atoms with Gasteiger partial charge in [0.15, 0.2) is 0 Å². The van der Waals surface area contributed by atoms with E-state index in [1.54, 1.807) is 25.1 Å². The van der Waals surface area contributed by atoms with E-state index in [1.807, 2.05) is 6.92 Å². The summed E-state index contributed by atoms with van der Waals surface area (Å²) >= 11 is 1.28. The number of nitrogens with one attached hydrogen (secondary N) is 1. The number of hydrogen-bond donors (Lipinski definition) is 2. The Balaban J connectivity index is 2.30. The van der Waals surface area contributed by atoms with Gasteiger partial charge in [-0.05, 0) is 31.0 Å². The van der Waals surface area contributed by atoms with Gasteiger partial charge in [0.05, 0.1) is 5.56 Å². The van der Waals surface area contributed by atoms with E-state index < -0.39 is 11.9 Å². The maximum atomic E-state index is 12.1. The summed E-state index contributed by atoms with van der Waals surface area (Å²) in [4.78, 5) is 28.3.